The average molecular weight is 281 g/mol. The van der Waals surface area contributed by atoms with Crippen molar-refractivity contribution in [3.8, 4) is 0 Å². The highest BCUT2D eigenvalue weighted by molar-refractivity contribution is 5.82. The molecule has 112 valence electrons. The predicted octanol–water partition coefficient (Wildman–Crippen LogP) is 2.49. The number of amides is 1. The maximum atomic E-state index is 12.7. The van der Waals surface area contributed by atoms with E-state index in [2.05, 4.69) is 0 Å². The van der Waals surface area contributed by atoms with Crippen molar-refractivity contribution in [3.05, 3.63) is 0 Å². The van der Waals surface area contributed by atoms with Gasteiger partial charge in [0.25, 0.3) is 6.43 Å². The van der Waals surface area contributed by atoms with Crippen LogP contribution in [0.1, 0.15) is 41.5 Å². The molecule has 0 saturated heterocycles. The summed E-state index contributed by atoms with van der Waals surface area (Å²) in [7, 11) is 0. The van der Waals surface area contributed by atoms with Gasteiger partial charge in [-0.05, 0) is 41.5 Å². The van der Waals surface area contributed by atoms with Gasteiger partial charge in [0.15, 0.2) is 6.04 Å². The van der Waals surface area contributed by atoms with Gasteiger partial charge in [-0.15, -0.1) is 0 Å². The van der Waals surface area contributed by atoms with Gasteiger partial charge in [0.05, 0.1) is 0 Å². The van der Waals surface area contributed by atoms with E-state index in [9.17, 15) is 18.4 Å². The van der Waals surface area contributed by atoms with E-state index in [4.69, 9.17) is 9.47 Å². The number of halogens is 2. The van der Waals surface area contributed by atoms with Crippen molar-refractivity contribution in [1.82, 2.24) is 5.32 Å². The molecule has 0 radical (unpaired) electrons. The van der Waals surface area contributed by atoms with E-state index >= 15 is 0 Å². The van der Waals surface area contributed by atoms with Crippen LogP contribution in [0.4, 0.5) is 13.6 Å². The molecule has 1 unspecified atom stereocenters. The standard InChI is InChI=1S/C12H21F2NO4/c1-11(2,3)18-9(16)7(8(13)14)15-10(17)19-12(4,5)6/h7-8H,1-6H3,(H,15,17). The Bertz CT molecular complexity index is 332. The molecule has 0 aliphatic heterocycles. The number of carbonyl (C=O) groups excluding carboxylic acids is 2. The third-order valence-electron chi connectivity index (χ3n) is 1.58. The zero-order valence-corrected chi connectivity index (χ0v) is 12.0. The molecule has 0 spiro atoms. The lowest BCUT2D eigenvalue weighted by Gasteiger charge is -2.25. The molecule has 1 N–H and O–H groups in total. The number of ether oxygens (including phenoxy) is 2. The van der Waals surface area contributed by atoms with Crippen molar-refractivity contribution in [2.45, 2.75) is 65.2 Å². The minimum absolute atomic E-state index is 0.843. The number of alkyl carbamates (subject to hydrolysis) is 1. The van der Waals surface area contributed by atoms with Crippen molar-refractivity contribution in [3.63, 3.8) is 0 Å². The summed E-state index contributed by atoms with van der Waals surface area (Å²) in [5, 5.41) is 1.81. The van der Waals surface area contributed by atoms with Gasteiger partial charge in [-0.1, -0.05) is 0 Å². The van der Waals surface area contributed by atoms with E-state index in [1.54, 1.807) is 41.5 Å². The summed E-state index contributed by atoms with van der Waals surface area (Å²) < 4.78 is 35.1. The largest absolute Gasteiger partial charge is 0.458 e. The fourth-order valence-corrected chi connectivity index (χ4v) is 1.02. The Morgan fingerprint density at radius 3 is 1.68 bits per heavy atom. The maximum absolute atomic E-state index is 12.7. The molecular weight excluding hydrogens is 260 g/mol. The maximum Gasteiger partial charge on any atom is 0.408 e. The van der Waals surface area contributed by atoms with Crippen molar-refractivity contribution < 1.29 is 27.8 Å². The Morgan fingerprint density at radius 1 is 0.947 bits per heavy atom. The lowest BCUT2D eigenvalue weighted by molar-refractivity contribution is -0.161. The molecule has 0 aromatic carbocycles. The van der Waals surface area contributed by atoms with E-state index in [1.807, 2.05) is 5.32 Å². The Labute approximate surface area is 111 Å². The summed E-state index contributed by atoms with van der Waals surface area (Å²) in [6, 6.07) is -2.05. The molecule has 5 nitrogen and oxygen atoms in total. The molecule has 0 aromatic heterocycles. The van der Waals surface area contributed by atoms with Crippen LogP contribution in [0.25, 0.3) is 0 Å². The lowest BCUT2D eigenvalue weighted by atomic mass is 10.2. The minimum Gasteiger partial charge on any atom is -0.458 e. The third-order valence-corrected chi connectivity index (χ3v) is 1.58. The Hall–Kier alpha value is -1.40. The molecule has 0 bridgehead atoms. The number of hydrogen-bond acceptors (Lipinski definition) is 4. The quantitative estimate of drug-likeness (QED) is 0.807. The molecule has 0 fully saturated rings. The Kier molecular flexibility index (Phi) is 5.71. The number of hydrogen-bond donors (Lipinski definition) is 1. The van der Waals surface area contributed by atoms with Crippen LogP contribution in [-0.2, 0) is 14.3 Å². The zero-order chi connectivity index (χ0) is 15.4. The van der Waals surface area contributed by atoms with E-state index < -0.39 is 35.7 Å². The van der Waals surface area contributed by atoms with Gasteiger partial charge in [0, 0.05) is 0 Å². The highest BCUT2D eigenvalue weighted by atomic mass is 19.3. The Morgan fingerprint density at radius 2 is 1.37 bits per heavy atom. The summed E-state index contributed by atoms with van der Waals surface area (Å²) in [4.78, 5) is 22.9. The molecule has 7 heteroatoms. The molecule has 0 rings (SSSR count). The van der Waals surface area contributed by atoms with Crippen molar-refractivity contribution in [2.75, 3.05) is 0 Å². The first-order chi connectivity index (χ1) is 8.32. The third kappa shape index (κ3) is 8.34. The highest BCUT2D eigenvalue weighted by Crippen LogP contribution is 2.13. The number of rotatable bonds is 3. The molecule has 0 saturated carbocycles. The van der Waals surface area contributed by atoms with Crippen LogP contribution < -0.4 is 5.32 Å². The van der Waals surface area contributed by atoms with Crippen molar-refractivity contribution >= 4 is 12.1 Å². The van der Waals surface area contributed by atoms with E-state index in [0.717, 1.165) is 0 Å². The van der Waals surface area contributed by atoms with Gasteiger partial charge in [-0.3, -0.25) is 0 Å². The smallest absolute Gasteiger partial charge is 0.408 e. The summed E-state index contributed by atoms with van der Waals surface area (Å²) in [6.07, 6.45) is -4.17. The predicted molar refractivity (Wildman–Crippen MR) is 65.0 cm³/mol. The zero-order valence-electron chi connectivity index (χ0n) is 12.0. The first-order valence-electron chi connectivity index (χ1n) is 5.82. The summed E-state index contributed by atoms with van der Waals surface area (Å²) in [5.41, 5.74) is -1.76. The fraction of sp³-hybridized carbons (Fsp3) is 0.833. The average Bonchev–Trinajstić information content (AvgIpc) is 2.07. The van der Waals surface area contributed by atoms with Crippen LogP contribution in [0.2, 0.25) is 0 Å². The van der Waals surface area contributed by atoms with Crippen molar-refractivity contribution in [2.24, 2.45) is 0 Å². The topological polar surface area (TPSA) is 64.6 Å². The summed E-state index contributed by atoms with van der Waals surface area (Å²) >= 11 is 0. The van der Waals surface area contributed by atoms with E-state index in [0.29, 0.717) is 0 Å². The minimum atomic E-state index is -3.08. The van der Waals surface area contributed by atoms with Crippen LogP contribution >= 0.6 is 0 Å². The molecule has 19 heavy (non-hydrogen) atoms. The first kappa shape index (κ1) is 17.6. The van der Waals surface area contributed by atoms with Crippen LogP contribution in [0, 0.1) is 0 Å². The summed E-state index contributed by atoms with van der Waals surface area (Å²) in [5.74, 6) is -1.20. The summed E-state index contributed by atoms with van der Waals surface area (Å²) in [6.45, 7) is 9.37. The second-order valence-electron chi connectivity index (χ2n) is 5.99. The molecule has 0 aromatic rings. The van der Waals surface area contributed by atoms with Gasteiger partial charge < -0.3 is 14.8 Å². The van der Waals surface area contributed by atoms with Crippen LogP contribution in [-0.4, -0.2) is 35.7 Å². The molecule has 0 aliphatic rings. The van der Waals surface area contributed by atoms with E-state index in [-0.39, 0.29) is 0 Å². The van der Waals surface area contributed by atoms with Gasteiger partial charge in [-0.2, -0.15) is 0 Å². The molecular formula is C12H21F2NO4. The monoisotopic (exact) mass is 281 g/mol. The van der Waals surface area contributed by atoms with Crippen molar-refractivity contribution in [1.29, 1.82) is 0 Å². The van der Waals surface area contributed by atoms with Gasteiger partial charge >= 0.3 is 12.1 Å². The van der Waals surface area contributed by atoms with Crippen LogP contribution in [0.3, 0.4) is 0 Å². The van der Waals surface area contributed by atoms with E-state index in [1.165, 1.54) is 0 Å². The second kappa shape index (κ2) is 6.16. The molecule has 1 amide bonds. The van der Waals surface area contributed by atoms with Gasteiger partial charge in [-0.25, -0.2) is 18.4 Å². The number of carbonyl (C=O) groups is 2. The molecule has 1 atom stereocenters. The van der Waals surface area contributed by atoms with Crippen LogP contribution in [0.15, 0.2) is 0 Å². The Balaban J connectivity index is 4.67. The number of nitrogens with one attached hydrogen (secondary N) is 1. The number of esters is 1. The second-order valence-corrected chi connectivity index (χ2v) is 5.99. The van der Waals surface area contributed by atoms with Gasteiger partial charge in [0.1, 0.15) is 11.2 Å². The first-order valence-corrected chi connectivity index (χ1v) is 5.82. The molecule has 0 aliphatic carbocycles. The fourth-order valence-electron chi connectivity index (χ4n) is 1.02. The van der Waals surface area contributed by atoms with Gasteiger partial charge in [0.2, 0.25) is 0 Å². The van der Waals surface area contributed by atoms with Crippen LogP contribution in [0.5, 0.6) is 0 Å². The normalized spacial score (nSPS) is 13.9. The SMILES string of the molecule is CC(C)(C)OC(=O)NC(C(=O)OC(C)(C)C)C(F)F. The highest BCUT2D eigenvalue weighted by Gasteiger charge is 2.35. The lowest BCUT2D eigenvalue weighted by Crippen LogP contribution is -2.49. The molecule has 0 heterocycles. The number of alkyl halides is 2.